The molecule has 5 nitrogen and oxygen atoms in total. The van der Waals surface area contributed by atoms with Gasteiger partial charge in [0.2, 0.25) is 5.91 Å². The van der Waals surface area contributed by atoms with Gasteiger partial charge in [-0.05, 0) is 37.0 Å². The van der Waals surface area contributed by atoms with Gasteiger partial charge in [0.25, 0.3) is 0 Å². The van der Waals surface area contributed by atoms with Crippen molar-refractivity contribution in [3.8, 4) is 0 Å². The molecule has 1 heterocycles. The van der Waals surface area contributed by atoms with E-state index in [-0.39, 0.29) is 18.9 Å². The Morgan fingerprint density at radius 2 is 2.08 bits per heavy atom. The highest BCUT2D eigenvalue weighted by molar-refractivity contribution is 6.35. The zero-order valence-electron chi connectivity index (χ0n) is 13.8. The van der Waals surface area contributed by atoms with Crippen molar-refractivity contribution >= 4 is 35.3 Å². The Labute approximate surface area is 151 Å². The molecule has 7 heteroatoms. The largest absolute Gasteiger partial charge is 0.510 e. The summed E-state index contributed by atoms with van der Waals surface area (Å²) in [5.41, 5.74) is 0.694. The third-order valence-corrected chi connectivity index (χ3v) is 4.57. The number of amides is 1. The van der Waals surface area contributed by atoms with E-state index in [1.165, 1.54) is 0 Å². The number of carbonyl (C=O) groups excluding carboxylic acids is 2. The number of carbonyl (C=O) groups is 2. The monoisotopic (exact) mass is 373 g/mol. The summed E-state index contributed by atoms with van der Waals surface area (Å²) in [5, 5.41) is 0.968. The summed E-state index contributed by atoms with van der Waals surface area (Å²) in [6, 6.07) is 5.04. The summed E-state index contributed by atoms with van der Waals surface area (Å²) in [6.07, 6.45) is 0.236. The molecule has 1 aromatic rings. The van der Waals surface area contributed by atoms with Crippen molar-refractivity contribution in [2.45, 2.75) is 39.3 Å². The summed E-state index contributed by atoms with van der Waals surface area (Å²) >= 11 is 12.0. The predicted molar refractivity (Wildman–Crippen MR) is 92.2 cm³/mol. The quantitative estimate of drug-likeness (QED) is 0.738. The lowest BCUT2D eigenvalue weighted by molar-refractivity contribution is -0.147. The van der Waals surface area contributed by atoms with Crippen molar-refractivity contribution in [1.29, 1.82) is 0 Å². The number of likely N-dealkylation sites (tertiary alicyclic amines) is 1. The maximum Gasteiger partial charge on any atom is 0.510 e. The maximum absolute atomic E-state index is 12.7. The van der Waals surface area contributed by atoms with E-state index in [0.29, 0.717) is 34.5 Å². The van der Waals surface area contributed by atoms with Crippen LogP contribution < -0.4 is 0 Å². The van der Waals surface area contributed by atoms with Crippen LogP contribution in [0.4, 0.5) is 4.79 Å². The molecule has 0 radical (unpaired) electrons. The molecule has 1 fully saturated rings. The molecule has 1 saturated heterocycles. The standard InChI is InChI=1S/C17H21Cl2NO4/c1-3-23-17(22)24-16-8-11(2)6-7-20(16)15(21)9-12-4-5-13(18)10-14(12)19/h4-5,10-11,16H,3,6-9H2,1-2H3. The molecule has 132 valence electrons. The summed E-state index contributed by atoms with van der Waals surface area (Å²) in [4.78, 5) is 25.9. The van der Waals surface area contributed by atoms with Gasteiger partial charge in [-0.2, -0.15) is 0 Å². The van der Waals surface area contributed by atoms with E-state index < -0.39 is 12.4 Å². The fourth-order valence-electron chi connectivity index (χ4n) is 2.68. The van der Waals surface area contributed by atoms with Crippen LogP contribution in [0.15, 0.2) is 18.2 Å². The van der Waals surface area contributed by atoms with Crippen molar-refractivity contribution in [1.82, 2.24) is 4.90 Å². The van der Waals surface area contributed by atoms with Crippen molar-refractivity contribution in [2.24, 2.45) is 5.92 Å². The average molecular weight is 374 g/mol. The number of piperidine rings is 1. The number of hydrogen-bond acceptors (Lipinski definition) is 4. The Morgan fingerprint density at radius 3 is 2.75 bits per heavy atom. The van der Waals surface area contributed by atoms with Crippen LogP contribution in [-0.4, -0.2) is 36.3 Å². The lowest BCUT2D eigenvalue weighted by Gasteiger charge is -2.37. The molecule has 2 unspecified atom stereocenters. The molecule has 0 saturated carbocycles. The average Bonchev–Trinajstić information content (AvgIpc) is 2.50. The van der Waals surface area contributed by atoms with Crippen LogP contribution in [0.1, 0.15) is 32.3 Å². The van der Waals surface area contributed by atoms with Crippen LogP contribution in [0.2, 0.25) is 10.0 Å². The number of ether oxygens (including phenoxy) is 2. The number of nitrogens with zero attached hydrogens (tertiary/aromatic N) is 1. The first-order valence-electron chi connectivity index (χ1n) is 7.97. The molecule has 1 aromatic carbocycles. The van der Waals surface area contributed by atoms with Gasteiger partial charge in [-0.3, -0.25) is 4.79 Å². The molecule has 0 aromatic heterocycles. The molecule has 0 bridgehead atoms. The van der Waals surface area contributed by atoms with Gasteiger partial charge in [-0.15, -0.1) is 0 Å². The molecule has 1 amide bonds. The van der Waals surface area contributed by atoms with Crippen molar-refractivity contribution in [3.05, 3.63) is 33.8 Å². The van der Waals surface area contributed by atoms with E-state index in [9.17, 15) is 9.59 Å². The van der Waals surface area contributed by atoms with Crippen LogP contribution in [0, 0.1) is 5.92 Å². The zero-order chi connectivity index (χ0) is 17.7. The van der Waals surface area contributed by atoms with Crippen molar-refractivity contribution in [2.75, 3.05) is 13.2 Å². The Balaban J connectivity index is 2.07. The highest BCUT2D eigenvalue weighted by Gasteiger charge is 2.33. The van der Waals surface area contributed by atoms with Gasteiger partial charge >= 0.3 is 6.16 Å². The first-order valence-corrected chi connectivity index (χ1v) is 8.73. The Kier molecular flexibility index (Phi) is 6.75. The predicted octanol–water partition coefficient (Wildman–Crippen LogP) is 4.29. The molecule has 1 aliphatic rings. The van der Waals surface area contributed by atoms with E-state index in [0.717, 1.165) is 6.42 Å². The van der Waals surface area contributed by atoms with E-state index in [1.807, 2.05) is 0 Å². The highest BCUT2D eigenvalue weighted by atomic mass is 35.5. The van der Waals surface area contributed by atoms with Gasteiger partial charge < -0.3 is 14.4 Å². The van der Waals surface area contributed by atoms with Crippen LogP contribution in [-0.2, 0) is 20.7 Å². The Bertz CT molecular complexity index is 608. The number of rotatable bonds is 4. The van der Waals surface area contributed by atoms with E-state index in [2.05, 4.69) is 6.92 Å². The van der Waals surface area contributed by atoms with E-state index in [4.69, 9.17) is 32.7 Å². The smallest absolute Gasteiger partial charge is 0.435 e. The number of hydrogen-bond donors (Lipinski definition) is 0. The van der Waals surface area contributed by atoms with Gasteiger partial charge in [-0.25, -0.2) is 4.79 Å². The van der Waals surface area contributed by atoms with Crippen molar-refractivity contribution < 1.29 is 19.1 Å². The van der Waals surface area contributed by atoms with Gasteiger partial charge in [0.05, 0.1) is 13.0 Å². The fourth-order valence-corrected chi connectivity index (χ4v) is 3.16. The van der Waals surface area contributed by atoms with Gasteiger partial charge in [-0.1, -0.05) is 36.2 Å². The van der Waals surface area contributed by atoms with Gasteiger partial charge in [0.1, 0.15) is 0 Å². The summed E-state index contributed by atoms with van der Waals surface area (Å²) in [7, 11) is 0. The van der Waals surface area contributed by atoms with Crippen LogP contribution in [0.5, 0.6) is 0 Å². The minimum absolute atomic E-state index is 0.132. The first-order chi connectivity index (χ1) is 11.4. The van der Waals surface area contributed by atoms with Crippen LogP contribution in [0.25, 0.3) is 0 Å². The van der Waals surface area contributed by atoms with Gasteiger partial charge in [0.15, 0.2) is 6.23 Å². The molecule has 1 aliphatic heterocycles. The van der Waals surface area contributed by atoms with E-state index >= 15 is 0 Å². The zero-order valence-corrected chi connectivity index (χ0v) is 15.3. The third kappa shape index (κ3) is 5.02. The Hall–Kier alpha value is -1.46. The summed E-state index contributed by atoms with van der Waals surface area (Å²) in [6.45, 7) is 4.54. The molecular formula is C17H21Cl2NO4. The minimum Gasteiger partial charge on any atom is -0.435 e. The third-order valence-electron chi connectivity index (χ3n) is 3.99. The molecule has 0 N–H and O–H groups in total. The molecular weight excluding hydrogens is 353 g/mol. The maximum atomic E-state index is 12.7. The second kappa shape index (κ2) is 8.58. The second-order valence-electron chi connectivity index (χ2n) is 5.88. The molecule has 2 atom stereocenters. The molecule has 0 spiro atoms. The number of halogens is 2. The normalized spacial score (nSPS) is 20.6. The van der Waals surface area contributed by atoms with Crippen molar-refractivity contribution in [3.63, 3.8) is 0 Å². The fraction of sp³-hybridized carbons (Fsp3) is 0.529. The molecule has 2 rings (SSSR count). The number of benzene rings is 1. The molecule has 0 aliphatic carbocycles. The van der Waals surface area contributed by atoms with Crippen LogP contribution >= 0.6 is 23.2 Å². The topological polar surface area (TPSA) is 55.8 Å². The highest BCUT2D eigenvalue weighted by Crippen LogP contribution is 2.26. The minimum atomic E-state index is -0.751. The van der Waals surface area contributed by atoms with Gasteiger partial charge in [0, 0.05) is 23.0 Å². The summed E-state index contributed by atoms with van der Waals surface area (Å²) in [5.74, 6) is 0.230. The first kappa shape index (κ1) is 18.9. The lowest BCUT2D eigenvalue weighted by Crippen LogP contribution is -2.48. The molecule has 24 heavy (non-hydrogen) atoms. The van der Waals surface area contributed by atoms with Crippen LogP contribution in [0.3, 0.4) is 0 Å². The lowest BCUT2D eigenvalue weighted by atomic mass is 9.97. The Morgan fingerprint density at radius 1 is 1.33 bits per heavy atom. The summed E-state index contributed by atoms with van der Waals surface area (Å²) < 4.78 is 10.1. The second-order valence-corrected chi connectivity index (χ2v) is 6.73. The van der Waals surface area contributed by atoms with E-state index in [1.54, 1.807) is 30.0 Å². The SMILES string of the molecule is CCOC(=O)OC1CC(C)CCN1C(=O)Cc1ccc(Cl)cc1Cl.